The van der Waals surface area contributed by atoms with Crippen molar-refractivity contribution in [2.24, 2.45) is 5.92 Å². The lowest BCUT2D eigenvalue weighted by molar-refractivity contribution is -0.385. The van der Waals surface area contributed by atoms with Crippen LogP contribution in [-0.2, 0) is 53.1 Å². The molecule has 4 unspecified atom stereocenters. The topological polar surface area (TPSA) is 207 Å². The van der Waals surface area contributed by atoms with E-state index in [2.05, 4.69) is 0 Å². The number of fused-ring (bicyclic) bond motifs is 1. The molecule has 0 radical (unpaired) electrons. The largest absolute Gasteiger partial charge is 0.508 e. The summed E-state index contributed by atoms with van der Waals surface area (Å²) in [5, 5.41) is 21.6. The zero-order valence-electron chi connectivity index (χ0n) is 30.3. The number of esters is 1. The Morgan fingerprint density at radius 1 is 0.839 bits per heavy atom. The first-order valence-corrected chi connectivity index (χ1v) is 18.6. The van der Waals surface area contributed by atoms with Gasteiger partial charge in [-0.25, -0.2) is 14.4 Å². The van der Waals surface area contributed by atoms with Crippen LogP contribution in [0, 0.1) is 26.1 Å². The van der Waals surface area contributed by atoms with Gasteiger partial charge in [0.05, 0.1) is 21.8 Å². The number of carbonyl (C=O) groups is 4. The van der Waals surface area contributed by atoms with Gasteiger partial charge in [-0.2, -0.15) is 0 Å². The summed E-state index contributed by atoms with van der Waals surface area (Å²) in [5.74, 6) is -1.91. The van der Waals surface area contributed by atoms with Gasteiger partial charge in [0.15, 0.2) is 0 Å². The number of hydrogen-bond donors (Lipinski definition) is 0. The van der Waals surface area contributed by atoms with Crippen molar-refractivity contribution in [3.8, 4) is 0 Å². The van der Waals surface area contributed by atoms with Crippen molar-refractivity contribution in [2.75, 3.05) is 13.2 Å². The van der Waals surface area contributed by atoms with E-state index in [9.17, 15) is 39.4 Å². The monoisotopic (exact) mass is 790 g/mol. The second-order valence-corrected chi connectivity index (χ2v) is 14.5. The molecule has 18 heteroatoms. The quantitative estimate of drug-likeness (QED) is 0.0549. The van der Waals surface area contributed by atoms with Crippen LogP contribution in [0.15, 0.2) is 89.5 Å². The molecular formula is C38H38N4O13S. The highest BCUT2D eigenvalue weighted by Crippen LogP contribution is 2.50. The van der Waals surface area contributed by atoms with E-state index in [1.807, 2.05) is 18.2 Å². The molecule has 0 N–H and O–H groups in total. The standard InChI is InChI=1S/C38H38N4O13S/c1-3-51-32-17-29(19-39(32)37(45)53-21-25-9-13-27(14-10-25)41(47)48)56-31-18-30-33(23(2)55-38(46)54-22-26-11-15-28(16-12-26)42(49)50)35(43)40(30)34(31)36(44)52-20-24-7-5-4-6-8-24/h4-16,23,29-30,32-33H,3,17-22H2,1-2H3/t23?,29?,30-,32?,33?/m1/s1. The van der Waals surface area contributed by atoms with E-state index in [1.54, 1.807) is 26.0 Å². The maximum absolute atomic E-state index is 13.7. The second-order valence-electron chi connectivity index (χ2n) is 13.1. The zero-order chi connectivity index (χ0) is 39.9. The van der Waals surface area contributed by atoms with E-state index in [4.69, 9.17) is 23.7 Å². The number of carbonyl (C=O) groups excluding carboxylic acids is 4. The summed E-state index contributed by atoms with van der Waals surface area (Å²) in [6.45, 7) is 3.53. The first-order chi connectivity index (χ1) is 26.9. The summed E-state index contributed by atoms with van der Waals surface area (Å²) in [4.78, 5) is 77.6. The highest BCUT2D eigenvalue weighted by Gasteiger charge is 2.58. The molecule has 0 aromatic heterocycles. The van der Waals surface area contributed by atoms with E-state index in [0.717, 1.165) is 5.56 Å². The summed E-state index contributed by atoms with van der Waals surface area (Å²) in [6.07, 6.45) is -2.56. The number of nitro benzene ring substituents is 2. The van der Waals surface area contributed by atoms with Crippen LogP contribution in [0.5, 0.6) is 0 Å². The molecule has 0 spiro atoms. The van der Waals surface area contributed by atoms with Gasteiger partial charge in [0.1, 0.15) is 37.8 Å². The van der Waals surface area contributed by atoms with Crippen LogP contribution in [0.2, 0.25) is 0 Å². The summed E-state index contributed by atoms with van der Waals surface area (Å²) in [5.41, 5.74) is 1.72. The van der Waals surface area contributed by atoms with Gasteiger partial charge in [0, 0.05) is 60.4 Å². The first kappa shape index (κ1) is 39.7. The van der Waals surface area contributed by atoms with Gasteiger partial charge >= 0.3 is 18.2 Å². The van der Waals surface area contributed by atoms with Gasteiger partial charge in [-0.3, -0.25) is 29.9 Å². The molecule has 0 bridgehead atoms. The molecule has 56 heavy (non-hydrogen) atoms. The highest BCUT2D eigenvalue weighted by molar-refractivity contribution is 8.03. The molecular weight excluding hydrogens is 752 g/mol. The van der Waals surface area contributed by atoms with Crippen molar-refractivity contribution in [3.63, 3.8) is 0 Å². The normalized spacial score (nSPS) is 20.5. The van der Waals surface area contributed by atoms with E-state index in [1.165, 1.54) is 70.1 Å². The fourth-order valence-corrected chi connectivity index (χ4v) is 8.21. The average molecular weight is 791 g/mol. The number of benzene rings is 3. The molecule has 3 aliphatic heterocycles. The Hall–Kier alpha value is -6.01. The number of non-ortho nitro benzene ring substituents is 2. The molecule has 6 rings (SSSR count). The van der Waals surface area contributed by atoms with E-state index in [0.29, 0.717) is 29.1 Å². The number of thioether (sulfide) groups is 1. The van der Waals surface area contributed by atoms with Crippen molar-refractivity contribution < 1.29 is 52.7 Å². The Bertz CT molecular complexity index is 1990. The van der Waals surface area contributed by atoms with Crippen LogP contribution in [0.3, 0.4) is 0 Å². The predicted molar refractivity (Wildman–Crippen MR) is 197 cm³/mol. The van der Waals surface area contributed by atoms with Gasteiger partial charge < -0.3 is 28.6 Å². The number of rotatable bonds is 15. The smallest absolute Gasteiger partial charge is 0.456 e. The average Bonchev–Trinajstić information content (AvgIpc) is 3.74. The van der Waals surface area contributed by atoms with Gasteiger partial charge in [-0.05, 0) is 54.8 Å². The molecule has 0 aliphatic carbocycles. The summed E-state index contributed by atoms with van der Waals surface area (Å²) < 4.78 is 27.8. The van der Waals surface area contributed by atoms with Crippen LogP contribution < -0.4 is 0 Å². The predicted octanol–water partition coefficient (Wildman–Crippen LogP) is 6.24. The Morgan fingerprint density at radius 3 is 2.00 bits per heavy atom. The molecule has 17 nitrogen and oxygen atoms in total. The molecule has 5 atom stereocenters. The molecule has 3 aromatic carbocycles. The molecule has 0 saturated carbocycles. The molecule has 3 aliphatic rings. The van der Waals surface area contributed by atoms with Crippen LogP contribution >= 0.6 is 11.8 Å². The number of hydrogen-bond acceptors (Lipinski definition) is 14. The maximum atomic E-state index is 13.7. The summed E-state index contributed by atoms with van der Waals surface area (Å²) in [6, 6.07) is 19.7. The van der Waals surface area contributed by atoms with E-state index in [-0.39, 0.29) is 55.1 Å². The highest BCUT2D eigenvalue weighted by atomic mass is 32.2. The Morgan fingerprint density at radius 2 is 1.41 bits per heavy atom. The van der Waals surface area contributed by atoms with Crippen LogP contribution in [0.25, 0.3) is 0 Å². The van der Waals surface area contributed by atoms with Crippen LogP contribution in [0.4, 0.5) is 21.0 Å². The third-order valence-corrected chi connectivity index (χ3v) is 10.8. The molecule has 3 heterocycles. The fraction of sp³-hybridized carbons (Fsp3) is 0.368. The number of nitro groups is 2. The third kappa shape index (κ3) is 9.09. The van der Waals surface area contributed by atoms with Gasteiger partial charge in [0.25, 0.3) is 11.4 Å². The van der Waals surface area contributed by atoms with Crippen LogP contribution in [-0.4, -0.2) is 80.5 Å². The Kier molecular flexibility index (Phi) is 12.5. The maximum Gasteiger partial charge on any atom is 0.508 e. The summed E-state index contributed by atoms with van der Waals surface area (Å²) in [7, 11) is 0. The number of amides is 2. The minimum atomic E-state index is -1.03. The number of likely N-dealkylation sites (tertiary alicyclic amines) is 1. The molecule has 294 valence electrons. The lowest BCUT2D eigenvalue weighted by Crippen LogP contribution is -2.62. The summed E-state index contributed by atoms with van der Waals surface area (Å²) >= 11 is 1.35. The van der Waals surface area contributed by atoms with Gasteiger partial charge in [0.2, 0.25) is 5.91 Å². The van der Waals surface area contributed by atoms with Crippen molar-refractivity contribution in [1.29, 1.82) is 0 Å². The molecule has 2 amide bonds. The van der Waals surface area contributed by atoms with Crippen molar-refractivity contribution in [2.45, 2.75) is 70.1 Å². The molecule has 2 fully saturated rings. The number of β-lactam (4-membered cyclic amide) rings is 1. The van der Waals surface area contributed by atoms with Crippen molar-refractivity contribution >= 4 is 47.3 Å². The number of nitrogens with zero attached hydrogens (tertiary/aromatic N) is 4. The Labute approximate surface area is 324 Å². The van der Waals surface area contributed by atoms with Gasteiger partial charge in [-0.15, -0.1) is 11.8 Å². The fourth-order valence-electron chi connectivity index (χ4n) is 6.75. The van der Waals surface area contributed by atoms with Crippen molar-refractivity contribution in [1.82, 2.24) is 9.80 Å². The molecule has 3 aromatic rings. The zero-order valence-corrected chi connectivity index (χ0v) is 31.2. The van der Waals surface area contributed by atoms with E-state index >= 15 is 0 Å². The first-order valence-electron chi connectivity index (χ1n) is 17.7. The minimum Gasteiger partial charge on any atom is -0.456 e. The lowest BCUT2D eigenvalue weighted by Gasteiger charge is -2.45. The third-order valence-electron chi connectivity index (χ3n) is 9.49. The Balaban J connectivity index is 1.12. The number of ether oxygens (including phenoxy) is 5. The molecule has 2 saturated heterocycles. The minimum absolute atomic E-state index is 0.0262. The SMILES string of the molecule is CCOC1CC(SC2=C(C(=O)OCc3ccccc3)N3C(=O)C(C(C)OC(=O)OCc4ccc([N+](=O)[O-])cc4)[C@H]3C2)CN1C(=O)OCc1ccc([N+](=O)[O-])cc1. The second kappa shape index (κ2) is 17.6. The van der Waals surface area contributed by atoms with E-state index < -0.39 is 58.3 Å². The lowest BCUT2D eigenvalue weighted by atomic mass is 9.83. The van der Waals surface area contributed by atoms with Gasteiger partial charge in [-0.1, -0.05) is 30.3 Å². The van der Waals surface area contributed by atoms with Crippen molar-refractivity contribution in [3.05, 3.63) is 126 Å². The van der Waals surface area contributed by atoms with Crippen LogP contribution in [0.1, 0.15) is 43.4 Å².